The van der Waals surface area contributed by atoms with E-state index in [9.17, 15) is 62.7 Å². The summed E-state index contributed by atoms with van der Waals surface area (Å²) in [7, 11) is -18.8. The van der Waals surface area contributed by atoms with Crippen LogP contribution in [0.15, 0.2) is 34.9 Å². The average Bonchev–Trinajstić information content (AvgIpc) is 4.09. The number of imidazole rings is 3. The van der Waals surface area contributed by atoms with Crippen molar-refractivity contribution in [3.63, 3.8) is 0 Å². The highest BCUT2D eigenvalue weighted by Crippen LogP contribution is 2.68. The second kappa shape index (κ2) is 22.2. The van der Waals surface area contributed by atoms with E-state index in [2.05, 4.69) is 48.5 Å². The van der Waals surface area contributed by atoms with Gasteiger partial charge in [-0.05, 0) is 0 Å². The van der Waals surface area contributed by atoms with E-state index < -0.39 is 124 Å². The number of methoxy groups -OCH3 is 3. The van der Waals surface area contributed by atoms with Gasteiger partial charge in [0.25, 0.3) is 17.1 Å². The van der Waals surface area contributed by atoms with E-state index in [-0.39, 0.29) is 51.2 Å². The van der Waals surface area contributed by atoms with Crippen LogP contribution in [0, 0.1) is 0 Å². The van der Waals surface area contributed by atoms with E-state index >= 15 is 0 Å². The van der Waals surface area contributed by atoms with Crippen LogP contribution >= 0.6 is 31.3 Å². The van der Waals surface area contributed by atoms with Gasteiger partial charge in [-0.25, -0.2) is 42.8 Å². The van der Waals surface area contributed by atoms with Gasteiger partial charge in [0.1, 0.15) is 48.6 Å². The summed E-state index contributed by atoms with van der Waals surface area (Å²) in [6.07, 6.45) is -11.1. The fourth-order valence-electron chi connectivity index (χ4n) is 7.43. The van der Waals surface area contributed by atoms with Gasteiger partial charge >= 0.3 is 36.9 Å². The number of phosphoric acid groups is 4. The van der Waals surface area contributed by atoms with Crippen molar-refractivity contribution in [3.05, 3.63) is 46.0 Å². The van der Waals surface area contributed by atoms with Crippen molar-refractivity contribution >= 4 is 82.5 Å². The molecule has 0 radical (unpaired) electrons. The second-order valence-electron chi connectivity index (χ2n) is 15.6. The van der Waals surface area contributed by atoms with Gasteiger partial charge in [-0.3, -0.25) is 51.4 Å². The fourth-order valence-corrected chi connectivity index (χ4v) is 11.9. The van der Waals surface area contributed by atoms with E-state index in [1.165, 1.54) is 22.5 Å². The van der Waals surface area contributed by atoms with Gasteiger partial charge in [-0.1, -0.05) is 4.98 Å². The van der Waals surface area contributed by atoms with E-state index in [1.54, 1.807) is 0 Å². The molecule has 13 atom stereocenters. The van der Waals surface area contributed by atoms with Crippen molar-refractivity contribution in [1.82, 2.24) is 53.6 Å². The summed E-state index contributed by atoms with van der Waals surface area (Å²) in [4.78, 5) is 95.2. The number of ether oxygens (including phenoxy) is 4. The SMILES string of the molecule is COC(COP(=O)(O)OC(C(COP(=O)(O)OP(=O)(O)OP(=O)(O)OC[C@@H]1O[C@H]([n+]2cn(C)c3c(=O)[nH]c(N)nc32)C(O)C1OC)OC)C(O)n1cnc2c(N)ncnc21)CC(O)n1cnc2c(=O)[nH]c(N)nc21. The molecule has 408 valence electrons. The lowest BCUT2D eigenvalue weighted by Gasteiger charge is -2.32. The minimum Gasteiger partial charge on any atom is -0.384 e. The Morgan fingerprint density at radius 1 is 0.797 bits per heavy atom. The van der Waals surface area contributed by atoms with Gasteiger partial charge in [0, 0.05) is 27.8 Å². The number of hydrogen-bond donors (Lipinski definition) is 12. The molecule has 0 saturated carbocycles. The Morgan fingerprint density at radius 2 is 1.43 bits per heavy atom. The lowest BCUT2D eigenvalue weighted by Crippen LogP contribution is -2.46. The van der Waals surface area contributed by atoms with Crippen molar-refractivity contribution in [2.24, 2.45) is 7.05 Å². The number of aryl methyl sites for hydroxylation is 1. The zero-order valence-corrected chi connectivity index (χ0v) is 42.1. The molecule has 1 aliphatic heterocycles. The Kier molecular flexibility index (Phi) is 17.0. The number of H-pyrrole nitrogens is 2. The minimum absolute atomic E-state index is 0.0196. The van der Waals surface area contributed by atoms with Crippen molar-refractivity contribution in [1.29, 1.82) is 0 Å². The molecule has 1 saturated heterocycles. The zero-order valence-electron chi connectivity index (χ0n) is 38.5. The van der Waals surface area contributed by atoms with E-state index in [1.807, 2.05) is 0 Å². The number of nitrogens with zero attached hydrogens (tertiary/aromatic N) is 10. The third-order valence-corrected chi connectivity index (χ3v) is 16.0. The summed E-state index contributed by atoms with van der Waals surface area (Å²) in [5.74, 6) is -0.738. The quantitative estimate of drug-likeness (QED) is 0.0199. The third-order valence-electron chi connectivity index (χ3n) is 10.8. The summed E-state index contributed by atoms with van der Waals surface area (Å²) in [6.45, 7) is -3.19. The Hall–Kier alpha value is -5.11. The van der Waals surface area contributed by atoms with Crippen molar-refractivity contribution in [2.75, 3.05) is 58.4 Å². The van der Waals surface area contributed by atoms with Crippen LogP contribution in [0.2, 0.25) is 0 Å². The highest BCUT2D eigenvalue weighted by atomic mass is 31.3. The van der Waals surface area contributed by atoms with Crippen molar-refractivity contribution in [2.45, 2.75) is 61.7 Å². The van der Waals surface area contributed by atoms with Gasteiger partial charge < -0.3 is 71.0 Å². The van der Waals surface area contributed by atoms with Crippen LogP contribution in [-0.4, -0.2) is 166 Å². The summed E-state index contributed by atoms with van der Waals surface area (Å²) in [5, 5.41) is 33.7. The number of aromatic nitrogens is 12. The fraction of sp³-hybridized carbons (Fsp3) is 0.531. The Bertz CT molecular complexity index is 3320. The largest absolute Gasteiger partial charge is 0.490 e. The molecule has 0 aliphatic carbocycles. The monoisotopic (exact) mass is 1130 g/mol. The molecule has 74 heavy (non-hydrogen) atoms. The molecule has 6 aromatic rings. The number of fused-ring (bicyclic) bond motifs is 3. The van der Waals surface area contributed by atoms with Crippen LogP contribution in [-0.2, 0) is 71.0 Å². The molecule has 42 heteroatoms. The molecule has 11 unspecified atom stereocenters. The predicted octanol–water partition coefficient (Wildman–Crippen LogP) is -3.19. The Morgan fingerprint density at radius 3 is 2.11 bits per heavy atom. The number of hydrogen-bond acceptors (Lipinski definition) is 28. The van der Waals surface area contributed by atoms with Gasteiger partial charge in [0.2, 0.25) is 17.7 Å². The van der Waals surface area contributed by atoms with E-state index in [0.717, 1.165) is 49.4 Å². The van der Waals surface area contributed by atoms with Gasteiger partial charge in [-0.15, -0.1) is 0 Å². The number of nitrogens with one attached hydrogen (secondary N) is 2. The first-order valence-electron chi connectivity index (χ1n) is 20.7. The normalized spacial score (nSPS) is 22.7. The lowest BCUT2D eigenvalue weighted by molar-refractivity contribution is -0.745. The smallest absolute Gasteiger partial charge is 0.384 e. The summed E-state index contributed by atoms with van der Waals surface area (Å²) >= 11 is 0. The molecule has 15 N–H and O–H groups in total. The maximum atomic E-state index is 13.6. The molecule has 7 heterocycles. The maximum Gasteiger partial charge on any atom is 0.490 e. The van der Waals surface area contributed by atoms with Crippen LogP contribution in [0.4, 0.5) is 17.7 Å². The summed E-state index contributed by atoms with van der Waals surface area (Å²) in [6, 6.07) is 0. The van der Waals surface area contributed by atoms with E-state index in [4.69, 9.17) is 54.2 Å². The summed E-state index contributed by atoms with van der Waals surface area (Å²) < 4.78 is 107. The maximum absolute atomic E-state index is 13.6. The molecule has 0 spiro atoms. The van der Waals surface area contributed by atoms with Gasteiger partial charge in [-0.2, -0.15) is 13.6 Å². The van der Waals surface area contributed by atoms with Crippen molar-refractivity contribution in [3.8, 4) is 0 Å². The highest BCUT2D eigenvalue weighted by Gasteiger charge is 2.50. The number of nitrogen functional groups attached to an aromatic ring is 3. The number of aromatic amines is 2. The van der Waals surface area contributed by atoms with Crippen molar-refractivity contribution < 1.29 is 103 Å². The highest BCUT2D eigenvalue weighted by molar-refractivity contribution is 7.66. The molecule has 0 aromatic carbocycles. The molecule has 7 rings (SSSR count). The lowest BCUT2D eigenvalue weighted by atomic mass is 10.1. The molecular formula is C32H48N15O23P4+. The second-order valence-corrected chi connectivity index (χ2v) is 21.7. The number of anilines is 3. The first kappa shape index (κ1) is 56.6. The number of phosphoric ester groups is 3. The van der Waals surface area contributed by atoms with Crippen LogP contribution in [0.5, 0.6) is 0 Å². The number of nitrogens with two attached hydrogens (primary N) is 3. The Labute approximate surface area is 411 Å². The first-order valence-corrected chi connectivity index (χ1v) is 26.7. The predicted molar refractivity (Wildman–Crippen MR) is 242 cm³/mol. The average molecular weight is 1130 g/mol. The topological polar surface area (TPSA) is 542 Å². The van der Waals surface area contributed by atoms with Crippen LogP contribution in [0.25, 0.3) is 33.5 Å². The zero-order chi connectivity index (χ0) is 54.2. The summed E-state index contributed by atoms with van der Waals surface area (Å²) in [5.41, 5.74) is 15.3. The first-order chi connectivity index (χ1) is 34.7. The molecule has 0 amide bonds. The van der Waals surface area contributed by atoms with Gasteiger partial charge in [0.05, 0.1) is 45.6 Å². The van der Waals surface area contributed by atoms with Gasteiger partial charge in [0.15, 0.2) is 35.2 Å². The molecule has 38 nitrogen and oxygen atoms in total. The van der Waals surface area contributed by atoms with Crippen LogP contribution in [0.1, 0.15) is 25.1 Å². The molecule has 6 aromatic heterocycles. The number of aliphatic hydroxyl groups excluding tert-OH is 3. The minimum atomic E-state index is -6.19. The number of rotatable bonds is 25. The number of aliphatic hydroxyl groups is 3. The standard InChI is InChI=1S/C32H47N15O23P4/c1-44-12-47(26-19(44)28(51)43-32(35)41-26)30-20(49)21(63-4)15(67-30)8-66-73(57,58)70-74(59,60)69-72(55,56)65-7-14(62-3)22(29(52)46-11-38-17-23(33)36-9-37-24(17)46)68-71(53,54)64-6-13(61-2)5-16(48)45-10-39-18-25(45)40-31(34)42-27(18)50/h9-16,20-22,29-30,48-49,52H,5-8H2,1-4H3,(H11-,33,34,35,36,37,40,41,42,43,50,51,53,54,55,56,57,58,59,60)/p+1/t13?,14?,15-,16?,20?,21?,22?,29?,30-/m0/s1. The molecular weight excluding hydrogens is 1090 g/mol. The molecule has 1 fully saturated rings. The van der Waals surface area contributed by atoms with Crippen LogP contribution in [0.3, 0.4) is 0 Å². The molecule has 0 bridgehead atoms. The van der Waals surface area contributed by atoms with Crippen LogP contribution < -0.4 is 32.9 Å². The van der Waals surface area contributed by atoms with E-state index in [0.29, 0.717) is 0 Å². The third kappa shape index (κ3) is 12.6. The molecule has 1 aliphatic rings. The Balaban J connectivity index is 1.01.